The van der Waals surface area contributed by atoms with Gasteiger partial charge in [-0.2, -0.15) is 16.4 Å². The maximum absolute atomic E-state index is 6.01. The summed E-state index contributed by atoms with van der Waals surface area (Å²) in [5.74, 6) is 0. The predicted molar refractivity (Wildman–Crippen MR) is 75.5 cm³/mol. The summed E-state index contributed by atoms with van der Waals surface area (Å²) in [5.41, 5.74) is 9.91. The third-order valence-corrected chi connectivity index (χ3v) is 3.46. The number of nitrogens with zero attached hydrogens (tertiary/aromatic N) is 2. The number of anilines is 1. The molecule has 0 aliphatic rings. The summed E-state index contributed by atoms with van der Waals surface area (Å²) < 4.78 is 1.89. The quantitative estimate of drug-likeness (QED) is 0.780. The van der Waals surface area contributed by atoms with E-state index in [0.29, 0.717) is 0 Å². The second kappa shape index (κ2) is 4.66. The van der Waals surface area contributed by atoms with Crippen LogP contribution in [0.3, 0.4) is 0 Å². The van der Waals surface area contributed by atoms with Crippen LogP contribution in [0.25, 0.3) is 11.3 Å². The molecular formula is C14H13N3S. The van der Waals surface area contributed by atoms with Crippen molar-refractivity contribution in [3.63, 3.8) is 0 Å². The van der Waals surface area contributed by atoms with E-state index in [9.17, 15) is 0 Å². The van der Waals surface area contributed by atoms with Crippen molar-refractivity contribution in [2.75, 3.05) is 5.73 Å². The Morgan fingerprint density at radius 1 is 1.17 bits per heavy atom. The number of hydrogen-bond acceptors (Lipinski definition) is 3. The fraction of sp³-hybridized carbons (Fsp3) is 0.0714. The fourth-order valence-electron chi connectivity index (χ4n) is 1.91. The Labute approximate surface area is 109 Å². The second-order valence-electron chi connectivity index (χ2n) is 4.13. The first-order valence-corrected chi connectivity index (χ1v) is 6.66. The molecule has 0 fully saturated rings. The molecule has 0 saturated carbocycles. The zero-order valence-electron chi connectivity index (χ0n) is 9.78. The van der Waals surface area contributed by atoms with Crippen LogP contribution in [-0.4, -0.2) is 9.78 Å². The number of aromatic nitrogens is 2. The topological polar surface area (TPSA) is 43.8 Å². The van der Waals surface area contributed by atoms with Crippen LogP contribution in [0.5, 0.6) is 0 Å². The van der Waals surface area contributed by atoms with Gasteiger partial charge < -0.3 is 5.73 Å². The van der Waals surface area contributed by atoms with Crippen LogP contribution in [0, 0.1) is 0 Å². The summed E-state index contributed by atoms with van der Waals surface area (Å²) in [6, 6.07) is 12.3. The lowest BCUT2D eigenvalue weighted by molar-refractivity contribution is 0.689. The standard InChI is InChI=1S/C14H13N3S/c15-13-9-17(8-11-4-2-1-3-5-11)16-14(13)12-6-7-18-10-12/h1-7,9-10H,8,15H2. The van der Waals surface area contributed by atoms with Gasteiger partial charge in [0.25, 0.3) is 0 Å². The Morgan fingerprint density at radius 3 is 2.72 bits per heavy atom. The number of rotatable bonds is 3. The first-order valence-electron chi connectivity index (χ1n) is 5.72. The molecule has 0 radical (unpaired) electrons. The average molecular weight is 255 g/mol. The molecule has 1 aromatic carbocycles. The van der Waals surface area contributed by atoms with Crippen molar-refractivity contribution in [2.45, 2.75) is 6.54 Å². The number of hydrogen-bond donors (Lipinski definition) is 1. The molecule has 2 heterocycles. The van der Waals surface area contributed by atoms with Crippen LogP contribution in [-0.2, 0) is 6.54 Å². The molecule has 3 rings (SSSR count). The summed E-state index contributed by atoms with van der Waals surface area (Å²) >= 11 is 1.65. The summed E-state index contributed by atoms with van der Waals surface area (Å²) in [6.45, 7) is 0.745. The van der Waals surface area contributed by atoms with Crippen LogP contribution >= 0.6 is 11.3 Å². The van der Waals surface area contributed by atoms with Crippen LogP contribution < -0.4 is 5.73 Å². The summed E-state index contributed by atoms with van der Waals surface area (Å²) in [5, 5.41) is 8.64. The van der Waals surface area contributed by atoms with Crippen molar-refractivity contribution >= 4 is 17.0 Å². The maximum atomic E-state index is 6.01. The minimum atomic E-state index is 0.726. The van der Waals surface area contributed by atoms with Gasteiger partial charge in [0.05, 0.1) is 12.2 Å². The van der Waals surface area contributed by atoms with Gasteiger partial charge >= 0.3 is 0 Å². The molecule has 3 nitrogen and oxygen atoms in total. The van der Waals surface area contributed by atoms with Gasteiger partial charge in [-0.25, -0.2) is 0 Å². The van der Waals surface area contributed by atoms with Crippen LogP contribution in [0.4, 0.5) is 5.69 Å². The highest BCUT2D eigenvalue weighted by Gasteiger charge is 2.08. The molecular weight excluding hydrogens is 242 g/mol. The van der Waals surface area contributed by atoms with E-state index in [-0.39, 0.29) is 0 Å². The Kier molecular flexibility index (Phi) is 2.86. The summed E-state index contributed by atoms with van der Waals surface area (Å²) in [6.07, 6.45) is 1.89. The first kappa shape index (κ1) is 11.0. The Bertz CT molecular complexity index is 626. The minimum Gasteiger partial charge on any atom is -0.396 e. The van der Waals surface area contributed by atoms with Gasteiger partial charge in [0, 0.05) is 17.1 Å². The zero-order valence-corrected chi connectivity index (χ0v) is 10.6. The molecule has 0 unspecified atom stereocenters. The van der Waals surface area contributed by atoms with Gasteiger partial charge in [0.15, 0.2) is 0 Å². The minimum absolute atomic E-state index is 0.726. The largest absolute Gasteiger partial charge is 0.396 e. The van der Waals surface area contributed by atoms with E-state index in [0.717, 1.165) is 23.5 Å². The van der Waals surface area contributed by atoms with E-state index in [1.54, 1.807) is 11.3 Å². The summed E-state index contributed by atoms with van der Waals surface area (Å²) in [4.78, 5) is 0. The molecule has 0 saturated heterocycles. The van der Waals surface area contributed by atoms with Crippen molar-refractivity contribution in [3.05, 3.63) is 58.9 Å². The van der Waals surface area contributed by atoms with E-state index in [1.165, 1.54) is 5.56 Å². The molecule has 0 bridgehead atoms. The van der Waals surface area contributed by atoms with Crippen LogP contribution in [0.1, 0.15) is 5.56 Å². The van der Waals surface area contributed by atoms with Gasteiger partial charge in [-0.1, -0.05) is 30.3 Å². The monoisotopic (exact) mass is 255 g/mol. The molecule has 90 valence electrons. The lowest BCUT2D eigenvalue weighted by Gasteiger charge is -2.00. The maximum Gasteiger partial charge on any atom is 0.116 e. The molecule has 3 aromatic rings. The fourth-order valence-corrected chi connectivity index (χ4v) is 2.55. The van der Waals surface area contributed by atoms with Crippen molar-refractivity contribution in [1.29, 1.82) is 0 Å². The zero-order chi connectivity index (χ0) is 12.4. The smallest absolute Gasteiger partial charge is 0.116 e. The van der Waals surface area contributed by atoms with Crippen LogP contribution in [0.2, 0.25) is 0 Å². The van der Waals surface area contributed by atoms with Gasteiger partial charge in [0.2, 0.25) is 0 Å². The van der Waals surface area contributed by atoms with E-state index in [1.807, 2.05) is 40.5 Å². The Morgan fingerprint density at radius 2 is 2.00 bits per heavy atom. The highest BCUT2D eigenvalue weighted by atomic mass is 32.1. The van der Waals surface area contributed by atoms with Crippen LogP contribution in [0.15, 0.2) is 53.4 Å². The van der Waals surface area contributed by atoms with Crippen molar-refractivity contribution < 1.29 is 0 Å². The van der Waals surface area contributed by atoms with E-state index in [2.05, 4.69) is 22.6 Å². The lowest BCUT2D eigenvalue weighted by atomic mass is 10.2. The second-order valence-corrected chi connectivity index (χ2v) is 4.91. The predicted octanol–water partition coefficient (Wildman–Crippen LogP) is 3.24. The van der Waals surface area contributed by atoms with Gasteiger partial charge in [-0.05, 0) is 17.0 Å². The van der Waals surface area contributed by atoms with E-state index >= 15 is 0 Å². The number of thiophene rings is 1. The average Bonchev–Trinajstić information content (AvgIpc) is 3.00. The Balaban J connectivity index is 1.89. The molecule has 18 heavy (non-hydrogen) atoms. The lowest BCUT2D eigenvalue weighted by Crippen LogP contribution is -1.99. The van der Waals surface area contributed by atoms with Gasteiger partial charge in [0.1, 0.15) is 5.69 Å². The van der Waals surface area contributed by atoms with E-state index in [4.69, 9.17) is 5.73 Å². The molecule has 0 aliphatic heterocycles. The molecule has 4 heteroatoms. The molecule has 0 atom stereocenters. The molecule has 0 amide bonds. The normalized spacial score (nSPS) is 10.7. The summed E-state index contributed by atoms with van der Waals surface area (Å²) in [7, 11) is 0. The Hall–Kier alpha value is -2.07. The molecule has 2 N–H and O–H groups in total. The third-order valence-electron chi connectivity index (χ3n) is 2.77. The number of benzene rings is 1. The van der Waals surface area contributed by atoms with Gasteiger partial charge in [-0.15, -0.1) is 0 Å². The molecule has 0 aliphatic carbocycles. The van der Waals surface area contributed by atoms with Gasteiger partial charge in [-0.3, -0.25) is 4.68 Å². The third kappa shape index (κ3) is 2.15. The van der Waals surface area contributed by atoms with Crippen molar-refractivity contribution in [1.82, 2.24) is 9.78 Å². The first-order chi connectivity index (χ1) is 8.83. The number of nitrogen functional groups attached to an aromatic ring is 1. The molecule has 2 aromatic heterocycles. The highest BCUT2D eigenvalue weighted by Crippen LogP contribution is 2.26. The highest BCUT2D eigenvalue weighted by molar-refractivity contribution is 7.08. The van der Waals surface area contributed by atoms with E-state index < -0.39 is 0 Å². The number of nitrogens with two attached hydrogens (primary N) is 1. The van der Waals surface area contributed by atoms with Crippen molar-refractivity contribution in [3.8, 4) is 11.3 Å². The SMILES string of the molecule is Nc1cn(Cc2ccccc2)nc1-c1ccsc1. The van der Waals surface area contributed by atoms with Crippen molar-refractivity contribution in [2.24, 2.45) is 0 Å². The molecule has 0 spiro atoms.